The first-order chi connectivity index (χ1) is 5.44. The number of aliphatic carboxylic acids is 1. The van der Waals surface area contributed by atoms with Crippen molar-refractivity contribution in [1.82, 2.24) is 0 Å². The molecule has 2 nitrogen and oxygen atoms in total. The average Bonchev–Trinajstić information content (AvgIpc) is 2.51. The summed E-state index contributed by atoms with van der Waals surface area (Å²) in [5, 5.41) is 8.65. The molecule has 1 rings (SSSR count). The molecule has 0 aromatic carbocycles. The molecule has 1 aliphatic carbocycles. The predicted octanol–water partition coefficient (Wildman–Crippen LogP) is 1.65. The van der Waals surface area contributed by atoms with E-state index in [9.17, 15) is 13.6 Å². The van der Waals surface area contributed by atoms with Gasteiger partial charge in [-0.15, -0.1) is 0 Å². The van der Waals surface area contributed by atoms with Crippen LogP contribution in [-0.2, 0) is 4.79 Å². The molecule has 0 aliphatic heterocycles. The largest absolute Gasteiger partial charge is 0.481 e. The number of rotatable bonds is 3. The van der Waals surface area contributed by atoms with Crippen molar-refractivity contribution in [3.8, 4) is 0 Å². The Morgan fingerprint density at radius 1 is 1.33 bits per heavy atom. The summed E-state index contributed by atoms with van der Waals surface area (Å²) in [7, 11) is 0. The molecule has 1 saturated carbocycles. The Kier molecular flexibility index (Phi) is 1.89. The van der Waals surface area contributed by atoms with E-state index in [-0.39, 0.29) is 0 Å². The van der Waals surface area contributed by atoms with Gasteiger partial charge in [-0.25, -0.2) is 0 Å². The highest BCUT2D eigenvalue weighted by atomic mass is 19.1. The van der Waals surface area contributed by atoms with Gasteiger partial charge in [0.1, 0.15) is 0 Å². The van der Waals surface area contributed by atoms with Crippen molar-refractivity contribution in [1.29, 1.82) is 0 Å². The van der Waals surface area contributed by atoms with Gasteiger partial charge in [-0.2, -0.15) is 0 Å². The molecule has 2 atom stereocenters. The Morgan fingerprint density at radius 3 is 1.75 bits per heavy atom. The average molecular weight is 178 g/mol. The standard InChI is InChI=1S/C8H12F2O2/c1-7(3-9)5(6(11)12)8(7,2)4-10/h5H,3-4H2,1-2H3,(H,11,12). The molecule has 0 heterocycles. The number of hydrogen-bond donors (Lipinski definition) is 1. The van der Waals surface area contributed by atoms with Crippen LogP contribution in [0.25, 0.3) is 0 Å². The Balaban J connectivity index is 2.87. The van der Waals surface area contributed by atoms with E-state index in [0.29, 0.717) is 0 Å². The fourth-order valence-corrected chi connectivity index (χ4v) is 1.96. The molecule has 0 saturated heterocycles. The zero-order valence-electron chi connectivity index (χ0n) is 7.10. The topological polar surface area (TPSA) is 37.3 Å². The zero-order valence-corrected chi connectivity index (χ0v) is 7.10. The molecule has 0 spiro atoms. The number of carbonyl (C=O) groups is 1. The second-order valence-corrected chi connectivity index (χ2v) is 3.87. The first-order valence-electron chi connectivity index (χ1n) is 3.79. The van der Waals surface area contributed by atoms with E-state index < -0.39 is 36.1 Å². The molecular formula is C8H12F2O2. The molecule has 1 N–H and O–H groups in total. The van der Waals surface area contributed by atoms with Gasteiger partial charge in [-0.05, 0) is 0 Å². The highest BCUT2D eigenvalue weighted by Crippen LogP contribution is 2.69. The number of alkyl halides is 2. The van der Waals surface area contributed by atoms with Crippen LogP contribution < -0.4 is 0 Å². The van der Waals surface area contributed by atoms with Crippen LogP contribution in [0.2, 0.25) is 0 Å². The normalized spacial score (nSPS) is 45.8. The van der Waals surface area contributed by atoms with Gasteiger partial charge < -0.3 is 5.11 Å². The lowest BCUT2D eigenvalue weighted by molar-refractivity contribution is -0.140. The smallest absolute Gasteiger partial charge is 0.307 e. The number of carboxylic acid groups (broad SMARTS) is 1. The van der Waals surface area contributed by atoms with Crippen molar-refractivity contribution in [2.45, 2.75) is 13.8 Å². The minimum Gasteiger partial charge on any atom is -0.481 e. The van der Waals surface area contributed by atoms with E-state index in [1.54, 1.807) is 0 Å². The zero-order chi connectivity index (χ0) is 9.57. The molecular weight excluding hydrogens is 166 g/mol. The second kappa shape index (κ2) is 2.41. The molecule has 0 aromatic rings. The Hall–Kier alpha value is -0.670. The summed E-state index contributed by atoms with van der Waals surface area (Å²) in [6, 6.07) is 0. The third-order valence-corrected chi connectivity index (χ3v) is 3.30. The number of carboxylic acids is 1. The third-order valence-electron chi connectivity index (χ3n) is 3.30. The Labute approximate surface area is 69.6 Å². The molecule has 1 fully saturated rings. The third kappa shape index (κ3) is 0.807. The minimum atomic E-state index is -1.10. The van der Waals surface area contributed by atoms with Crippen LogP contribution in [-0.4, -0.2) is 24.4 Å². The molecule has 12 heavy (non-hydrogen) atoms. The lowest BCUT2D eigenvalue weighted by Crippen LogP contribution is -2.11. The van der Waals surface area contributed by atoms with Crippen molar-refractivity contribution in [3.63, 3.8) is 0 Å². The van der Waals surface area contributed by atoms with Gasteiger partial charge in [0.05, 0.1) is 19.3 Å². The van der Waals surface area contributed by atoms with Gasteiger partial charge in [-0.3, -0.25) is 13.6 Å². The van der Waals surface area contributed by atoms with E-state index in [2.05, 4.69) is 0 Å². The van der Waals surface area contributed by atoms with Crippen LogP contribution in [0, 0.1) is 16.7 Å². The van der Waals surface area contributed by atoms with E-state index >= 15 is 0 Å². The van der Waals surface area contributed by atoms with Crippen LogP contribution in [0.5, 0.6) is 0 Å². The van der Waals surface area contributed by atoms with E-state index in [0.717, 1.165) is 0 Å². The van der Waals surface area contributed by atoms with Crippen molar-refractivity contribution in [2.75, 3.05) is 13.3 Å². The van der Waals surface area contributed by atoms with Gasteiger partial charge in [0.2, 0.25) is 0 Å². The summed E-state index contributed by atoms with van der Waals surface area (Å²) in [5.74, 6) is -1.98. The van der Waals surface area contributed by atoms with Gasteiger partial charge in [0, 0.05) is 10.8 Å². The molecule has 70 valence electrons. The van der Waals surface area contributed by atoms with E-state index in [1.807, 2.05) is 0 Å². The van der Waals surface area contributed by atoms with Crippen molar-refractivity contribution in [3.05, 3.63) is 0 Å². The summed E-state index contributed by atoms with van der Waals surface area (Å²) < 4.78 is 24.9. The first kappa shape index (κ1) is 9.42. The molecule has 0 aromatic heterocycles. The maximum absolute atomic E-state index is 12.4. The fraction of sp³-hybridized carbons (Fsp3) is 0.875. The van der Waals surface area contributed by atoms with Crippen LogP contribution >= 0.6 is 0 Å². The summed E-state index contributed by atoms with van der Waals surface area (Å²) in [6.45, 7) is 1.41. The van der Waals surface area contributed by atoms with Gasteiger partial charge >= 0.3 is 5.97 Å². The van der Waals surface area contributed by atoms with Crippen molar-refractivity contribution >= 4 is 5.97 Å². The summed E-state index contributed by atoms with van der Waals surface area (Å²) in [5.41, 5.74) is -2.01. The lowest BCUT2D eigenvalue weighted by atomic mass is 9.99. The number of hydrogen-bond acceptors (Lipinski definition) is 1. The fourth-order valence-electron chi connectivity index (χ4n) is 1.96. The molecule has 0 radical (unpaired) electrons. The minimum absolute atomic E-state index is 0.773. The highest BCUT2D eigenvalue weighted by molar-refractivity contribution is 5.77. The SMILES string of the molecule is CC1(CF)C(C(=O)O)C1(C)CF. The van der Waals surface area contributed by atoms with E-state index in [1.165, 1.54) is 13.8 Å². The second-order valence-electron chi connectivity index (χ2n) is 3.87. The monoisotopic (exact) mass is 178 g/mol. The van der Waals surface area contributed by atoms with Crippen LogP contribution in [0.4, 0.5) is 8.78 Å². The summed E-state index contributed by atoms with van der Waals surface area (Å²) in [4.78, 5) is 10.6. The molecule has 2 unspecified atom stereocenters. The lowest BCUT2D eigenvalue weighted by Gasteiger charge is -2.08. The molecule has 0 amide bonds. The van der Waals surface area contributed by atoms with Crippen LogP contribution in [0.3, 0.4) is 0 Å². The summed E-state index contributed by atoms with van der Waals surface area (Å²) in [6.07, 6.45) is 0. The Morgan fingerprint density at radius 2 is 1.67 bits per heavy atom. The quantitative estimate of drug-likeness (QED) is 0.713. The maximum Gasteiger partial charge on any atom is 0.307 e. The van der Waals surface area contributed by atoms with Crippen LogP contribution in [0.1, 0.15) is 13.8 Å². The summed E-state index contributed by atoms with van der Waals surface area (Å²) >= 11 is 0. The van der Waals surface area contributed by atoms with Crippen LogP contribution in [0.15, 0.2) is 0 Å². The van der Waals surface area contributed by atoms with E-state index in [4.69, 9.17) is 5.11 Å². The van der Waals surface area contributed by atoms with Crippen molar-refractivity contribution in [2.24, 2.45) is 16.7 Å². The molecule has 0 bridgehead atoms. The van der Waals surface area contributed by atoms with Gasteiger partial charge in [0.25, 0.3) is 0 Å². The molecule has 4 heteroatoms. The highest BCUT2D eigenvalue weighted by Gasteiger charge is 2.74. The Bertz CT molecular complexity index is 203. The number of halogens is 2. The van der Waals surface area contributed by atoms with Gasteiger partial charge in [-0.1, -0.05) is 13.8 Å². The molecule has 1 aliphatic rings. The van der Waals surface area contributed by atoms with Gasteiger partial charge in [0.15, 0.2) is 0 Å². The van der Waals surface area contributed by atoms with Crippen molar-refractivity contribution < 1.29 is 18.7 Å². The first-order valence-corrected chi connectivity index (χ1v) is 3.79. The predicted molar refractivity (Wildman–Crippen MR) is 39.3 cm³/mol. The maximum atomic E-state index is 12.4.